The van der Waals surface area contributed by atoms with E-state index < -0.39 is 23.4 Å². The van der Waals surface area contributed by atoms with Crippen molar-refractivity contribution in [3.05, 3.63) is 71.8 Å². The Bertz CT molecular complexity index is 615. The molecule has 2 unspecified atom stereocenters. The van der Waals surface area contributed by atoms with E-state index in [0.29, 0.717) is 23.7 Å². The van der Waals surface area contributed by atoms with Gasteiger partial charge < -0.3 is 9.59 Å². The average molecular weight is 294 g/mol. The Morgan fingerprint density at radius 1 is 0.636 bits per heavy atom. The van der Waals surface area contributed by atoms with Crippen molar-refractivity contribution in [1.29, 1.82) is 0 Å². The summed E-state index contributed by atoms with van der Waals surface area (Å²) in [5.74, 6) is -3.69. The minimum Gasteiger partial charge on any atom is -0.303 e. The number of carbonyl (C=O) groups is 4. The fourth-order valence-electron chi connectivity index (χ4n) is 2.21. The molecule has 0 aliphatic heterocycles. The first-order chi connectivity index (χ1) is 10.7. The lowest BCUT2D eigenvalue weighted by Gasteiger charge is -2.15. The van der Waals surface area contributed by atoms with E-state index in [1.54, 1.807) is 60.7 Å². The predicted molar refractivity (Wildman–Crippen MR) is 80.7 cm³/mol. The van der Waals surface area contributed by atoms with Crippen molar-refractivity contribution in [2.45, 2.75) is 0 Å². The van der Waals surface area contributed by atoms with Gasteiger partial charge in [0.05, 0.1) is 11.8 Å². The highest BCUT2D eigenvalue weighted by Crippen LogP contribution is 2.19. The molecule has 0 radical (unpaired) electrons. The molecule has 0 saturated carbocycles. The van der Waals surface area contributed by atoms with Gasteiger partial charge in [0.25, 0.3) is 0 Å². The van der Waals surface area contributed by atoms with E-state index in [0.717, 1.165) is 0 Å². The Labute approximate surface area is 127 Å². The van der Waals surface area contributed by atoms with E-state index in [9.17, 15) is 19.2 Å². The van der Waals surface area contributed by atoms with Crippen molar-refractivity contribution in [2.24, 2.45) is 11.8 Å². The maximum absolute atomic E-state index is 12.4. The zero-order valence-electron chi connectivity index (χ0n) is 11.7. The summed E-state index contributed by atoms with van der Waals surface area (Å²) in [5.41, 5.74) is 0.597. The molecule has 0 aromatic heterocycles. The largest absolute Gasteiger partial charge is 0.303 e. The second kappa shape index (κ2) is 7.22. The van der Waals surface area contributed by atoms with Crippen molar-refractivity contribution in [1.82, 2.24) is 0 Å². The third-order valence-corrected chi connectivity index (χ3v) is 3.40. The molecular formula is C18H14O4. The van der Waals surface area contributed by atoms with Crippen LogP contribution in [0.25, 0.3) is 0 Å². The SMILES string of the molecule is O=CC(C(=O)c1ccccc1)C(C=O)C(=O)c1ccccc1. The molecule has 110 valence electrons. The van der Waals surface area contributed by atoms with Gasteiger partial charge in [0.1, 0.15) is 12.6 Å². The summed E-state index contributed by atoms with van der Waals surface area (Å²) in [4.78, 5) is 47.4. The first-order valence-corrected chi connectivity index (χ1v) is 6.78. The van der Waals surface area contributed by atoms with Crippen LogP contribution in [0, 0.1) is 11.8 Å². The maximum Gasteiger partial charge on any atom is 0.174 e. The Hall–Kier alpha value is -2.88. The lowest BCUT2D eigenvalue weighted by molar-refractivity contribution is -0.116. The van der Waals surface area contributed by atoms with Gasteiger partial charge in [-0.1, -0.05) is 60.7 Å². The van der Waals surface area contributed by atoms with Gasteiger partial charge in [0.2, 0.25) is 0 Å². The third kappa shape index (κ3) is 3.23. The first kappa shape index (κ1) is 15.5. The molecule has 2 rings (SSSR count). The zero-order chi connectivity index (χ0) is 15.9. The van der Waals surface area contributed by atoms with Gasteiger partial charge in [-0.25, -0.2) is 0 Å². The van der Waals surface area contributed by atoms with Crippen molar-refractivity contribution >= 4 is 24.1 Å². The van der Waals surface area contributed by atoms with Crippen molar-refractivity contribution in [3.8, 4) is 0 Å². The number of rotatable bonds is 7. The Kier molecular flexibility index (Phi) is 5.09. The van der Waals surface area contributed by atoms with E-state index in [1.807, 2.05) is 0 Å². The number of benzene rings is 2. The molecule has 0 saturated heterocycles. The Morgan fingerprint density at radius 3 is 1.23 bits per heavy atom. The molecule has 0 spiro atoms. The van der Waals surface area contributed by atoms with Gasteiger partial charge >= 0.3 is 0 Å². The molecule has 0 amide bonds. The number of carbonyl (C=O) groups excluding carboxylic acids is 4. The fraction of sp³-hybridized carbons (Fsp3) is 0.111. The molecule has 2 atom stereocenters. The minimum absolute atomic E-state index is 0.298. The summed E-state index contributed by atoms with van der Waals surface area (Å²) < 4.78 is 0. The molecule has 0 fully saturated rings. The molecule has 4 nitrogen and oxygen atoms in total. The number of ketones is 2. The second-order valence-corrected chi connectivity index (χ2v) is 4.78. The molecule has 0 bridgehead atoms. The smallest absolute Gasteiger partial charge is 0.174 e. The highest BCUT2D eigenvalue weighted by molar-refractivity contribution is 6.15. The topological polar surface area (TPSA) is 68.3 Å². The third-order valence-electron chi connectivity index (χ3n) is 3.40. The molecular weight excluding hydrogens is 280 g/mol. The lowest BCUT2D eigenvalue weighted by Crippen LogP contribution is -2.32. The van der Waals surface area contributed by atoms with Crippen LogP contribution >= 0.6 is 0 Å². The number of hydrogen-bond acceptors (Lipinski definition) is 4. The van der Waals surface area contributed by atoms with Crippen molar-refractivity contribution < 1.29 is 19.2 Å². The van der Waals surface area contributed by atoms with Gasteiger partial charge in [-0.2, -0.15) is 0 Å². The number of hydrogen-bond donors (Lipinski definition) is 0. The van der Waals surface area contributed by atoms with E-state index in [-0.39, 0.29) is 0 Å². The molecule has 2 aromatic carbocycles. The van der Waals surface area contributed by atoms with Crippen LogP contribution in [-0.2, 0) is 9.59 Å². The molecule has 2 aromatic rings. The first-order valence-electron chi connectivity index (χ1n) is 6.78. The molecule has 22 heavy (non-hydrogen) atoms. The summed E-state index contributed by atoms with van der Waals surface area (Å²) in [6.07, 6.45) is 0.741. The highest BCUT2D eigenvalue weighted by Gasteiger charge is 2.34. The van der Waals surface area contributed by atoms with Gasteiger partial charge in [0.15, 0.2) is 11.6 Å². The van der Waals surface area contributed by atoms with Crippen molar-refractivity contribution in [2.75, 3.05) is 0 Å². The quantitative estimate of drug-likeness (QED) is 0.446. The number of Topliss-reactive ketones (excluding diaryl/α,β-unsaturated/α-hetero) is 2. The van der Waals surface area contributed by atoms with Gasteiger partial charge in [0, 0.05) is 11.1 Å². The van der Waals surface area contributed by atoms with Crippen molar-refractivity contribution in [3.63, 3.8) is 0 Å². The van der Waals surface area contributed by atoms with E-state index in [1.165, 1.54) is 0 Å². The standard InChI is InChI=1S/C18H14O4/c19-11-15(17(21)13-7-3-1-4-8-13)16(12-20)18(22)14-9-5-2-6-10-14/h1-12,15-16H. The minimum atomic E-state index is -1.31. The maximum atomic E-state index is 12.4. The zero-order valence-corrected chi connectivity index (χ0v) is 11.7. The Balaban J connectivity index is 2.31. The summed E-state index contributed by atoms with van der Waals surface area (Å²) in [6, 6.07) is 16.3. The van der Waals surface area contributed by atoms with Crippen LogP contribution in [0.2, 0.25) is 0 Å². The van der Waals surface area contributed by atoms with Crippen LogP contribution in [0.3, 0.4) is 0 Å². The molecule has 4 heteroatoms. The molecule has 0 aliphatic rings. The average Bonchev–Trinajstić information content (AvgIpc) is 2.60. The van der Waals surface area contributed by atoms with E-state index >= 15 is 0 Å². The van der Waals surface area contributed by atoms with E-state index in [2.05, 4.69) is 0 Å². The van der Waals surface area contributed by atoms with Crippen LogP contribution in [0.15, 0.2) is 60.7 Å². The van der Waals surface area contributed by atoms with Crippen LogP contribution in [0.5, 0.6) is 0 Å². The molecule has 0 N–H and O–H groups in total. The van der Waals surface area contributed by atoms with Crippen LogP contribution in [0.4, 0.5) is 0 Å². The lowest BCUT2D eigenvalue weighted by atomic mass is 9.83. The van der Waals surface area contributed by atoms with Gasteiger partial charge in [-0.05, 0) is 0 Å². The normalized spacial score (nSPS) is 12.9. The highest BCUT2D eigenvalue weighted by atomic mass is 16.2. The summed E-state index contributed by atoms with van der Waals surface area (Å²) in [5, 5.41) is 0. The second-order valence-electron chi connectivity index (χ2n) is 4.78. The van der Waals surface area contributed by atoms with Crippen LogP contribution in [-0.4, -0.2) is 24.1 Å². The summed E-state index contributed by atoms with van der Waals surface area (Å²) in [7, 11) is 0. The molecule has 0 heterocycles. The monoisotopic (exact) mass is 294 g/mol. The Morgan fingerprint density at radius 2 is 0.955 bits per heavy atom. The van der Waals surface area contributed by atoms with Crippen LogP contribution < -0.4 is 0 Å². The van der Waals surface area contributed by atoms with Crippen LogP contribution in [0.1, 0.15) is 20.7 Å². The fourth-order valence-corrected chi connectivity index (χ4v) is 2.21. The van der Waals surface area contributed by atoms with Gasteiger partial charge in [-0.15, -0.1) is 0 Å². The summed E-state index contributed by atoms with van der Waals surface area (Å²) >= 11 is 0. The molecule has 0 aliphatic carbocycles. The summed E-state index contributed by atoms with van der Waals surface area (Å²) in [6.45, 7) is 0. The number of aldehydes is 2. The van der Waals surface area contributed by atoms with Gasteiger partial charge in [-0.3, -0.25) is 9.59 Å². The van der Waals surface area contributed by atoms with E-state index in [4.69, 9.17) is 0 Å². The predicted octanol–water partition coefficient (Wildman–Crippen LogP) is 2.38.